The monoisotopic (exact) mass is 366 g/mol. The highest BCUT2D eigenvalue weighted by atomic mass is 16.5. The molecule has 3 rings (SSSR count). The first-order valence-corrected chi connectivity index (χ1v) is 8.80. The van der Waals surface area contributed by atoms with Crippen LogP contribution in [0.1, 0.15) is 42.0 Å². The molecular formula is C21H22N2O4. The molecule has 1 N–H and O–H groups in total. The summed E-state index contributed by atoms with van der Waals surface area (Å²) >= 11 is 0. The Balaban J connectivity index is 1.89. The van der Waals surface area contributed by atoms with Crippen LogP contribution >= 0.6 is 0 Å². The van der Waals surface area contributed by atoms with Gasteiger partial charge in [-0.05, 0) is 30.2 Å². The topological polar surface area (TPSA) is 79.2 Å². The molecule has 0 spiro atoms. The number of carboxylic acids is 1. The van der Waals surface area contributed by atoms with Crippen molar-refractivity contribution in [1.82, 2.24) is 5.01 Å². The number of carbonyl (C=O) groups excluding carboxylic acids is 1. The molecule has 0 saturated heterocycles. The van der Waals surface area contributed by atoms with Gasteiger partial charge in [-0.25, -0.2) is 5.01 Å². The average molecular weight is 366 g/mol. The molecule has 0 bridgehead atoms. The number of hydrogen-bond donors (Lipinski definition) is 1. The maximum Gasteiger partial charge on any atom is 0.303 e. The summed E-state index contributed by atoms with van der Waals surface area (Å²) in [5.41, 5.74) is 3.87. The van der Waals surface area contributed by atoms with E-state index in [9.17, 15) is 9.59 Å². The van der Waals surface area contributed by atoms with Crippen molar-refractivity contribution in [3.63, 3.8) is 0 Å². The molecule has 0 aliphatic carbocycles. The second kappa shape index (κ2) is 8.03. The fraction of sp³-hybridized carbons (Fsp3) is 0.286. The van der Waals surface area contributed by atoms with Gasteiger partial charge in [-0.2, -0.15) is 5.10 Å². The summed E-state index contributed by atoms with van der Waals surface area (Å²) in [6.45, 7) is 2.02. The molecule has 1 aliphatic rings. The fourth-order valence-electron chi connectivity index (χ4n) is 3.07. The quantitative estimate of drug-likeness (QED) is 0.848. The number of methoxy groups -OCH3 is 1. The van der Waals surface area contributed by atoms with Crippen LogP contribution in [0, 0.1) is 6.92 Å². The molecule has 140 valence electrons. The predicted molar refractivity (Wildman–Crippen MR) is 102 cm³/mol. The van der Waals surface area contributed by atoms with E-state index in [1.807, 2.05) is 55.5 Å². The van der Waals surface area contributed by atoms with Gasteiger partial charge >= 0.3 is 5.97 Å². The maximum absolute atomic E-state index is 12.6. The third-order valence-corrected chi connectivity index (χ3v) is 4.60. The molecule has 0 unspecified atom stereocenters. The number of aliphatic carboxylic acids is 1. The van der Waals surface area contributed by atoms with Crippen LogP contribution in [0.4, 0.5) is 0 Å². The smallest absolute Gasteiger partial charge is 0.303 e. The molecule has 1 heterocycles. The Morgan fingerprint density at radius 1 is 1.11 bits per heavy atom. The zero-order valence-electron chi connectivity index (χ0n) is 15.4. The molecule has 1 amide bonds. The molecular weight excluding hydrogens is 344 g/mol. The number of hydrogen-bond acceptors (Lipinski definition) is 4. The van der Waals surface area contributed by atoms with Gasteiger partial charge in [0.15, 0.2) is 0 Å². The molecule has 0 saturated carbocycles. The number of carbonyl (C=O) groups is 2. The Kier molecular flexibility index (Phi) is 5.54. The van der Waals surface area contributed by atoms with E-state index < -0.39 is 5.97 Å². The van der Waals surface area contributed by atoms with Gasteiger partial charge in [0.1, 0.15) is 5.75 Å². The zero-order valence-corrected chi connectivity index (χ0v) is 15.4. The number of amides is 1. The number of hydrazone groups is 1. The van der Waals surface area contributed by atoms with Crippen molar-refractivity contribution in [2.45, 2.75) is 32.2 Å². The van der Waals surface area contributed by atoms with Crippen molar-refractivity contribution < 1.29 is 19.4 Å². The van der Waals surface area contributed by atoms with Gasteiger partial charge in [0.05, 0.1) is 25.3 Å². The summed E-state index contributed by atoms with van der Waals surface area (Å²) < 4.78 is 5.20. The third-order valence-electron chi connectivity index (χ3n) is 4.60. The number of carboxylic acid groups (broad SMARTS) is 1. The Labute approximate surface area is 158 Å². The Hall–Kier alpha value is -3.15. The van der Waals surface area contributed by atoms with Gasteiger partial charge in [0.25, 0.3) is 0 Å². The van der Waals surface area contributed by atoms with E-state index in [2.05, 4.69) is 5.10 Å². The van der Waals surface area contributed by atoms with Crippen LogP contribution < -0.4 is 4.74 Å². The molecule has 6 nitrogen and oxygen atoms in total. The summed E-state index contributed by atoms with van der Waals surface area (Å²) in [6, 6.07) is 15.3. The van der Waals surface area contributed by atoms with E-state index in [0.29, 0.717) is 6.42 Å². The largest absolute Gasteiger partial charge is 0.497 e. The molecule has 0 fully saturated rings. The summed E-state index contributed by atoms with van der Waals surface area (Å²) in [7, 11) is 1.60. The second-order valence-electron chi connectivity index (χ2n) is 6.54. The minimum absolute atomic E-state index is 0.0767. The molecule has 2 aromatic carbocycles. The molecule has 6 heteroatoms. The van der Waals surface area contributed by atoms with Crippen LogP contribution in [0.5, 0.6) is 5.75 Å². The first-order chi connectivity index (χ1) is 13.0. The molecule has 27 heavy (non-hydrogen) atoms. The lowest BCUT2D eigenvalue weighted by Gasteiger charge is -2.22. The lowest BCUT2D eigenvalue weighted by molar-refractivity contribution is -0.141. The van der Waals surface area contributed by atoms with E-state index in [0.717, 1.165) is 28.2 Å². The first-order valence-electron chi connectivity index (χ1n) is 8.80. The molecule has 1 atom stereocenters. The predicted octanol–water partition coefficient (Wildman–Crippen LogP) is 3.55. The number of nitrogens with zero attached hydrogens (tertiary/aromatic N) is 2. The van der Waals surface area contributed by atoms with Gasteiger partial charge in [-0.1, -0.05) is 42.0 Å². The van der Waals surface area contributed by atoms with Crippen LogP contribution in [-0.2, 0) is 9.59 Å². The molecule has 0 radical (unpaired) electrons. The normalized spacial score (nSPS) is 16.1. The first kappa shape index (κ1) is 18.6. The lowest BCUT2D eigenvalue weighted by Crippen LogP contribution is -2.27. The average Bonchev–Trinajstić information content (AvgIpc) is 3.12. The van der Waals surface area contributed by atoms with Crippen molar-refractivity contribution in [1.29, 1.82) is 0 Å². The van der Waals surface area contributed by atoms with E-state index in [-0.39, 0.29) is 24.8 Å². The third kappa shape index (κ3) is 4.34. The van der Waals surface area contributed by atoms with Crippen molar-refractivity contribution in [2.75, 3.05) is 7.11 Å². The Bertz CT molecular complexity index is 857. The molecule has 0 aromatic heterocycles. The van der Waals surface area contributed by atoms with Gasteiger partial charge in [0.2, 0.25) is 5.91 Å². The van der Waals surface area contributed by atoms with Gasteiger partial charge in [-0.3, -0.25) is 9.59 Å². The maximum atomic E-state index is 12.6. The number of ether oxygens (including phenoxy) is 1. The van der Waals surface area contributed by atoms with Crippen LogP contribution in [0.15, 0.2) is 53.6 Å². The van der Waals surface area contributed by atoms with Crippen molar-refractivity contribution in [2.24, 2.45) is 5.10 Å². The molecule has 2 aromatic rings. The SMILES string of the molecule is COc1ccc([C@H]2CC(c3ccc(C)cc3)=NN2C(=O)CCC(=O)O)cc1. The van der Waals surface area contributed by atoms with Gasteiger partial charge < -0.3 is 9.84 Å². The summed E-state index contributed by atoms with van der Waals surface area (Å²) in [6.07, 6.45) is 0.293. The van der Waals surface area contributed by atoms with Crippen molar-refractivity contribution >= 4 is 17.6 Å². The summed E-state index contributed by atoms with van der Waals surface area (Å²) in [4.78, 5) is 23.5. The van der Waals surface area contributed by atoms with Gasteiger partial charge in [0, 0.05) is 12.8 Å². The number of benzene rings is 2. The highest BCUT2D eigenvalue weighted by Crippen LogP contribution is 2.34. The lowest BCUT2D eigenvalue weighted by atomic mass is 9.97. The van der Waals surface area contributed by atoms with Crippen molar-refractivity contribution in [3.05, 3.63) is 65.2 Å². The standard InChI is InChI=1S/C21H22N2O4/c1-14-3-5-15(6-4-14)18-13-19(16-7-9-17(27-2)10-8-16)23(22-18)20(24)11-12-21(25)26/h3-10,19H,11-13H2,1-2H3,(H,25,26)/t19-/m1/s1. The molecule has 1 aliphatic heterocycles. The zero-order chi connectivity index (χ0) is 19.4. The second-order valence-corrected chi connectivity index (χ2v) is 6.54. The van der Waals surface area contributed by atoms with Crippen molar-refractivity contribution in [3.8, 4) is 5.75 Å². The number of aryl methyl sites for hydroxylation is 1. The Morgan fingerprint density at radius 2 is 1.78 bits per heavy atom. The van der Waals surface area contributed by atoms with E-state index in [4.69, 9.17) is 9.84 Å². The van der Waals surface area contributed by atoms with E-state index in [1.54, 1.807) is 7.11 Å². The number of rotatable bonds is 6. The van der Waals surface area contributed by atoms with Crippen LogP contribution in [-0.4, -0.2) is 34.8 Å². The highest BCUT2D eigenvalue weighted by Gasteiger charge is 2.33. The van der Waals surface area contributed by atoms with Gasteiger partial charge in [-0.15, -0.1) is 0 Å². The summed E-state index contributed by atoms with van der Waals surface area (Å²) in [5, 5.41) is 14.9. The van der Waals surface area contributed by atoms with E-state index >= 15 is 0 Å². The highest BCUT2D eigenvalue weighted by molar-refractivity contribution is 6.03. The van der Waals surface area contributed by atoms with Crippen LogP contribution in [0.25, 0.3) is 0 Å². The van der Waals surface area contributed by atoms with E-state index in [1.165, 1.54) is 5.01 Å². The fourth-order valence-corrected chi connectivity index (χ4v) is 3.07. The minimum Gasteiger partial charge on any atom is -0.497 e. The van der Waals surface area contributed by atoms with Crippen LogP contribution in [0.2, 0.25) is 0 Å². The van der Waals surface area contributed by atoms with Crippen LogP contribution in [0.3, 0.4) is 0 Å². The minimum atomic E-state index is -0.994. The Morgan fingerprint density at radius 3 is 2.37 bits per heavy atom. The summed E-state index contributed by atoms with van der Waals surface area (Å²) in [5.74, 6) is -0.549.